The number of thioether (sulfide) groups is 1. The van der Waals surface area contributed by atoms with Crippen LogP contribution in [0.1, 0.15) is 16.1 Å². The summed E-state index contributed by atoms with van der Waals surface area (Å²) >= 11 is 1.34. The van der Waals surface area contributed by atoms with Crippen molar-refractivity contribution < 1.29 is 18.9 Å². The summed E-state index contributed by atoms with van der Waals surface area (Å²) in [5.41, 5.74) is -0.312. The molecule has 1 heterocycles. The number of hydrogen-bond donors (Lipinski definition) is 1. The van der Waals surface area contributed by atoms with Gasteiger partial charge >= 0.3 is 0 Å². The van der Waals surface area contributed by atoms with E-state index in [9.17, 15) is 14.9 Å². The first kappa shape index (κ1) is 15.9. The van der Waals surface area contributed by atoms with E-state index in [1.54, 1.807) is 18.4 Å². The van der Waals surface area contributed by atoms with Crippen molar-refractivity contribution >= 4 is 23.4 Å². The van der Waals surface area contributed by atoms with Crippen molar-refractivity contribution in [2.24, 2.45) is 0 Å². The largest absolute Gasteiger partial charge is 0.495 e. The second kappa shape index (κ2) is 6.99. The van der Waals surface area contributed by atoms with Crippen LogP contribution in [0.5, 0.6) is 5.75 Å². The molecule has 1 aromatic heterocycles. The maximum atomic E-state index is 12.2. The number of rotatable bonds is 6. The van der Waals surface area contributed by atoms with Gasteiger partial charge in [0.2, 0.25) is 0 Å². The monoisotopic (exact) mass is 322 g/mol. The minimum absolute atomic E-state index is 0.0123. The SMILES string of the molecule is COc1cc([N+](=O)[O-])c(C(=O)NCc2ccco2)cc1SC. The summed E-state index contributed by atoms with van der Waals surface area (Å²) in [4.78, 5) is 23.4. The van der Waals surface area contributed by atoms with Gasteiger partial charge in [-0.3, -0.25) is 14.9 Å². The summed E-state index contributed by atoms with van der Waals surface area (Å²) < 4.78 is 10.2. The number of furan rings is 1. The van der Waals surface area contributed by atoms with E-state index in [1.807, 2.05) is 0 Å². The summed E-state index contributed by atoms with van der Waals surface area (Å²) in [5.74, 6) is 0.387. The lowest BCUT2D eigenvalue weighted by atomic mass is 10.1. The molecule has 2 rings (SSSR count). The first-order valence-electron chi connectivity index (χ1n) is 6.27. The molecule has 1 amide bonds. The van der Waals surface area contributed by atoms with Crippen molar-refractivity contribution in [3.05, 3.63) is 52.0 Å². The predicted molar refractivity (Wildman–Crippen MR) is 81.3 cm³/mol. The van der Waals surface area contributed by atoms with E-state index >= 15 is 0 Å². The van der Waals surface area contributed by atoms with Gasteiger partial charge in [-0.05, 0) is 24.5 Å². The van der Waals surface area contributed by atoms with Gasteiger partial charge < -0.3 is 14.5 Å². The van der Waals surface area contributed by atoms with Crippen LogP contribution in [0.25, 0.3) is 0 Å². The Bertz CT molecular complexity index is 685. The van der Waals surface area contributed by atoms with E-state index < -0.39 is 10.8 Å². The van der Waals surface area contributed by atoms with Crippen molar-refractivity contribution in [2.45, 2.75) is 11.4 Å². The van der Waals surface area contributed by atoms with E-state index in [0.717, 1.165) is 0 Å². The molecule has 7 nitrogen and oxygen atoms in total. The van der Waals surface area contributed by atoms with Crippen LogP contribution in [0.3, 0.4) is 0 Å². The van der Waals surface area contributed by atoms with E-state index in [0.29, 0.717) is 16.4 Å². The summed E-state index contributed by atoms with van der Waals surface area (Å²) in [5, 5.41) is 13.8. The fourth-order valence-electron chi connectivity index (χ4n) is 1.88. The number of hydrogen-bond acceptors (Lipinski definition) is 6. The zero-order chi connectivity index (χ0) is 16.1. The molecule has 1 aromatic carbocycles. The van der Waals surface area contributed by atoms with Gasteiger partial charge in [-0.25, -0.2) is 0 Å². The van der Waals surface area contributed by atoms with Gasteiger partial charge in [0.25, 0.3) is 11.6 Å². The molecule has 0 saturated heterocycles. The average Bonchev–Trinajstić information content (AvgIpc) is 3.04. The number of amides is 1. The van der Waals surface area contributed by atoms with E-state index in [2.05, 4.69) is 5.32 Å². The Hall–Kier alpha value is -2.48. The molecular weight excluding hydrogens is 308 g/mol. The van der Waals surface area contributed by atoms with E-state index in [1.165, 1.54) is 37.3 Å². The molecule has 0 aliphatic heterocycles. The zero-order valence-corrected chi connectivity index (χ0v) is 12.8. The van der Waals surface area contributed by atoms with Crippen LogP contribution in [0.4, 0.5) is 5.69 Å². The Labute approximate surface area is 130 Å². The molecule has 0 radical (unpaired) electrons. The lowest BCUT2D eigenvalue weighted by Gasteiger charge is -2.10. The standard InChI is InChI=1S/C14H14N2O5S/c1-20-12-7-11(16(18)19)10(6-13(12)22-2)14(17)15-8-9-4-3-5-21-9/h3-7H,8H2,1-2H3,(H,15,17). The average molecular weight is 322 g/mol. The molecule has 2 aromatic rings. The molecule has 8 heteroatoms. The summed E-state index contributed by atoms with van der Waals surface area (Å²) in [7, 11) is 1.43. The fraction of sp³-hybridized carbons (Fsp3) is 0.214. The highest BCUT2D eigenvalue weighted by atomic mass is 32.2. The first-order chi connectivity index (χ1) is 10.6. The molecule has 0 spiro atoms. The van der Waals surface area contributed by atoms with Crippen molar-refractivity contribution in [1.29, 1.82) is 0 Å². The highest BCUT2D eigenvalue weighted by Gasteiger charge is 2.23. The number of carbonyl (C=O) groups is 1. The van der Waals surface area contributed by atoms with E-state index in [4.69, 9.17) is 9.15 Å². The first-order valence-corrected chi connectivity index (χ1v) is 7.50. The van der Waals surface area contributed by atoms with Crippen molar-refractivity contribution in [1.82, 2.24) is 5.32 Å². The van der Waals surface area contributed by atoms with Gasteiger partial charge in [0.1, 0.15) is 17.1 Å². The normalized spacial score (nSPS) is 10.3. The second-order valence-corrected chi connectivity index (χ2v) is 5.09. The predicted octanol–water partition coefficient (Wildman–Crippen LogP) is 2.85. The van der Waals surface area contributed by atoms with Gasteiger partial charge in [-0.2, -0.15) is 0 Å². The molecule has 0 atom stereocenters. The van der Waals surface area contributed by atoms with Crippen molar-refractivity contribution in [3.8, 4) is 5.75 Å². The number of benzene rings is 1. The number of carbonyl (C=O) groups excluding carboxylic acids is 1. The number of methoxy groups -OCH3 is 1. The number of nitrogens with one attached hydrogen (secondary N) is 1. The second-order valence-electron chi connectivity index (χ2n) is 4.24. The van der Waals surface area contributed by atoms with E-state index in [-0.39, 0.29) is 17.8 Å². The molecule has 1 N–H and O–H groups in total. The highest BCUT2D eigenvalue weighted by Crippen LogP contribution is 2.34. The topological polar surface area (TPSA) is 94.6 Å². The Balaban J connectivity index is 2.30. The third-order valence-corrected chi connectivity index (χ3v) is 3.71. The lowest BCUT2D eigenvalue weighted by molar-refractivity contribution is -0.385. The van der Waals surface area contributed by atoms with Crippen LogP contribution in [-0.4, -0.2) is 24.2 Å². The van der Waals surface area contributed by atoms with Gasteiger partial charge in [0.05, 0.1) is 35.8 Å². The van der Waals surface area contributed by atoms with Crippen LogP contribution in [0.2, 0.25) is 0 Å². The van der Waals surface area contributed by atoms with Crippen molar-refractivity contribution in [2.75, 3.05) is 13.4 Å². The zero-order valence-electron chi connectivity index (χ0n) is 12.0. The van der Waals surface area contributed by atoms with Crippen molar-refractivity contribution in [3.63, 3.8) is 0 Å². The summed E-state index contributed by atoms with van der Waals surface area (Å²) in [6.45, 7) is 0.156. The van der Waals surface area contributed by atoms with Gasteiger partial charge in [0.15, 0.2) is 0 Å². The van der Waals surface area contributed by atoms with Crippen LogP contribution >= 0.6 is 11.8 Å². The molecular formula is C14H14N2O5S. The Morgan fingerprint density at radius 3 is 2.82 bits per heavy atom. The minimum Gasteiger partial charge on any atom is -0.495 e. The summed E-state index contributed by atoms with van der Waals surface area (Å²) in [6.07, 6.45) is 3.29. The highest BCUT2D eigenvalue weighted by molar-refractivity contribution is 7.98. The molecule has 0 saturated carbocycles. The number of nitrogens with zero attached hydrogens (tertiary/aromatic N) is 1. The minimum atomic E-state index is -0.603. The fourth-order valence-corrected chi connectivity index (χ4v) is 2.46. The molecule has 0 unspecified atom stereocenters. The maximum Gasteiger partial charge on any atom is 0.285 e. The Kier molecular flexibility index (Phi) is 5.05. The molecule has 22 heavy (non-hydrogen) atoms. The molecule has 0 bridgehead atoms. The van der Waals surface area contributed by atoms with Gasteiger partial charge in [-0.1, -0.05) is 0 Å². The molecule has 0 aliphatic rings. The third kappa shape index (κ3) is 3.40. The number of ether oxygens (including phenoxy) is 1. The van der Waals surface area contributed by atoms with Crippen LogP contribution in [0, 0.1) is 10.1 Å². The quantitative estimate of drug-likeness (QED) is 0.499. The van der Waals surface area contributed by atoms with Crippen LogP contribution in [-0.2, 0) is 6.54 Å². The Morgan fingerprint density at radius 2 is 2.27 bits per heavy atom. The van der Waals surface area contributed by atoms with Gasteiger partial charge in [0, 0.05) is 0 Å². The Morgan fingerprint density at radius 1 is 1.50 bits per heavy atom. The smallest absolute Gasteiger partial charge is 0.285 e. The molecule has 0 aliphatic carbocycles. The molecule has 0 fully saturated rings. The summed E-state index contributed by atoms with van der Waals surface area (Å²) in [6, 6.07) is 6.12. The van der Waals surface area contributed by atoms with Crippen LogP contribution < -0.4 is 10.1 Å². The number of nitro groups is 1. The van der Waals surface area contributed by atoms with Gasteiger partial charge in [-0.15, -0.1) is 11.8 Å². The molecule has 116 valence electrons. The maximum absolute atomic E-state index is 12.2. The third-order valence-electron chi connectivity index (χ3n) is 2.95. The number of nitro benzene ring substituents is 1. The van der Waals surface area contributed by atoms with Crippen LogP contribution in [0.15, 0.2) is 39.8 Å². The lowest BCUT2D eigenvalue weighted by Crippen LogP contribution is -2.23.